The lowest BCUT2D eigenvalue weighted by atomic mass is 10.2. The number of hydrogen-bond donors (Lipinski definition) is 0. The molecule has 0 bridgehead atoms. The highest BCUT2D eigenvalue weighted by Gasteiger charge is 2.17. The molecule has 1 fully saturated rings. The second-order valence-electron chi connectivity index (χ2n) is 5.74. The largest absolute Gasteiger partial charge is 0.378 e. The van der Waals surface area contributed by atoms with E-state index in [0.29, 0.717) is 64.1 Å². The number of anilines is 2. The summed E-state index contributed by atoms with van der Waals surface area (Å²) in [7, 11) is 1.92. The average molecular weight is 369 g/mol. The van der Waals surface area contributed by atoms with Crippen LogP contribution in [0, 0.1) is 5.82 Å². The molecule has 0 aliphatic carbocycles. The fraction of sp³-hybridized carbons (Fsp3) is 0.632. The van der Waals surface area contributed by atoms with Gasteiger partial charge in [-0.2, -0.15) is 0 Å². The summed E-state index contributed by atoms with van der Waals surface area (Å²) >= 11 is 0. The van der Waals surface area contributed by atoms with E-state index in [1.165, 1.54) is 11.0 Å². The molecule has 0 aromatic heterocycles. The average Bonchev–Trinajstić information content (AvgIpc) is 2.69. The summed E-state index contributed by atoms with van der Waals surface area (Å²) in [6, 6.07) is 4.93. The van der Waals surface area contributed by atoms with Gasteiger partial charge >= 0.3 is 0 Å². The van der Waals surface area contributed by atoms with Crippen molar-refractivity contribution < 1.29 is 18.7 Å². The van der Waals surface area contributed by atoms with Gasteiger partial charge in [-0.3, -0.25) is 9.69 Å². The van der Waals surface area contributed by atoms with E-state index in [0.717, 1.165) is 6.41 Å². The van der Waals surface area contributed by atoms with Crippen LogP contribution in [0.2, 0.25) is 0 Å². The molecule has 26 heavy (non-hydrogen) atoms. The third-order valence-electron chi connectivity index (χ3n) is 3.98. The SMILES string of the molecule is CC.CCOCN(C)CCN(C=O)c1ccc(N2CCOCC2)c(F)c1. The van der Waals surface area contributed by atoms with Crippen molar-refractivity contribution in [2.24, 2.45) is 0 Å². The Bertz CT molecular complexity index is 525. The molecule has 2 rings (SSSR count). The highest BCUT2D eigenvalue weighted by Crippen LogP contribution is 2.25. The lowest BCUT2D eigenvalue weighted by Gasteiger charge is -2.29. The maximum absolute atomic E-state index is 14.4. The number of benzene rings is 1. The predicted octanol–water partition coefficient (Wildman–Crippen LogP) is 2.58. The van der Waals surface area contributed by atoms with Gasteiger partial charge in [0.1, 0.15) is 5.82 Å². The van der Waals surface area contributed by atoms with Crippen LogP contribution in [0.1, 0.15) is 20.8 Å². The molecule has 1 amide bonds. The number of hydrogen-bond acceptors (Lipinski definition) is 5. The molecule has 1 saturated heterocycles. The third kappa shape index (κ3) is 6.90. The minimum Gasteiger partial charge on any atom is -0.378 e. The quantitative estimate of drug-likeness (QED) is 0.495. The van der Waals surface area contributed by atoms with Crippen LogP contribution in [0.5, 0.6) is 0 Å². The first kappa shape index (κ1) is 22.3. The molecule has 1 heterocycles. The number of halogens is 1. The van der Waals surface area contributed by atoms with Gasteiger partial charge in [0.25, 0.3) is 0 Å². The molecule has 148 valence electrons. The summed E-state index contributed by atoms with van der Waals surface area (Å²) in [5.41, 5.74) is 1.12. The Balaban J connectivity index is 0.00000163. The van der Waals surface area contributed by atoms with Crippen LogP contribution < -0.4 is 9.80 Å². The summed E-state index contributed by atoms with van der Waals surface area (Å²) in [5.74, 6) is -0.316. The van der Waals surface area contributed by atoms with Crippen molar-refractivity contribution in [2.45, 2.75) is 20.8 Å². The molecule has 1 aliphatic rings. The Labute approximate surface area is 156 Å². The van der Waals surface area contributed by atoms with E-state index < -0.39 is 0 Å². The summed E-state index contributed by atoms with van der Waals surface area (Å²) in [5, 5.41) is 0. The van der Waals surface area contributed by atoms with E-state index in [2.05, 4.69) is 0 Å². The number of nitrogens with zero attached hydrogens (tertiary/aromatic N) is 3. The Kier molecular flexibility index (Phi) is 10.8. The minimum absolute atomic E-state index is 0.316. The van der Waals surface area contributed by atoms with Gasteiger partial charge in [0.2, 0.25) is 6.41 Å². The lowest BCUT2D eigenvalue weighted by molar-refractivity contribution is -0.107. The van der Waals surface area contributed by atoms with E-state index in [1.54, 1.807) is 12.1 Å². The first-order chi connectivity index (χ1) is 12.7. The monoisotopic (exact) mass is 369 g/mol. The minimum atomic E-state index is -0.316. The highest BCUT2D eigenvalue weighted by molar-refractivity contribution is 5.76. The number of amides is 1. The van der Waals surface area contributed by atoms with Crippen molar-refractivity contribution in [3.8, 4) is 0 Å². The number of morpholine rings is 1. The van der Waals surface area contributed by atoms with E-state index >= 15 is 0 Å². The number of ether oxygens (including phenoxy) is 2. The molecular formula is C19H32FN3O3. The van der Waals surface area contributed by atoms with Crippen LogP contribution in [0.25, 0.3) is 0 Å². The van der Waals surface area contributed by atoms with Gasteiger partial charge in [-0.15, -0.1) is 0 Å². The molecule has 0 saturated carbocycles. The van der Waals surface area contributed by atoms with Crippen molar-refractivity contribution in [1.29, 1.82) is 0 Å². The molecule has 0 spiro atoms. The molecular weight excluding hydrogens is 337 g/mol. The standard InChI is InChI=1S/C17H26FN3O3.C2H6/c1-3-23-14-19(2)6-7-21(13-22)15-4-5-17(16(18)12-15)20-8-10-24-11-9-20;1-2/h4-5,12-13H,3,6-11,14H2,1-2H3;1-2H3. The molecule has 1 aliphatic heterocycles. The van der Waals surface area contributed by atoms with Crippen LogP contribution in [0.4, 0.5) is 15.8 Å². The maximum atomic E-state index is 14.4. The molecule has 0 radical (unpaired) electrons. The fourth-order valence-corrected chi connectivity index (χ4v) is 2.57. The van der Waals surface area contributed by atoms with Gasteiger partial charge in [-0.1, -0.05) is 13.8 Å². The predicted molar refractivity (Wildman–Crippen MR) is 103 cm³/mol. The van der Waals surface area contributed by atoms with Gasteiger partial charge in [0.05, 0.1) is 25.6 Å². The molecule has 0 unspecified atom stereocenters. The molecule has 6 nitrogen and oxygen atoms in total. The molecule has 1 aromatic rings. The van der Waals surface area contributed by atoms with Gasteiger partial charge in [0.15, 0.2) is 0 Å². The number of rotatable bonds is 9. The van der Waals surface area contributed by atoms with Crippen LogP contribution in [-0.2, 0) is 14.3 Å². The van der Waals surface area contributed by atoms with E-state index in [4.69, 9.17) is 9.47 Å². The summed E-state index contributed by atoms with van der Waals surface area (Å²) in [6.45, 7) is 10.8. The Morgan fingerprint density at radius 2 is 1.96 bits per heavy atom. The number of carbonyl (C=O) groups is 1. The van der Waals surface area contributed by atoms with E-state index in [-0.39, 0.29) is 5.82 Å². The smallest absolute Gasteiger partial charge is 0.214 e. The van der Waals surface area contributed by atoms with Crippen molar-refractivity contribution in [2.75, 3.05) is 69.6 Å². The molecule has 0 N–H and O–H groups in total. The lowest BCUT2D eigenvalue weighted by Crippen LogP contribution is -2.37. The van der Waals surface area contributed by atoms with Crippen LogP contribution in [-0.4, -0.2) is 71.1 Å². The summed E-state index contributed by atoms with van der Waals surface area (Å²) in [6.07, 6.45) is 0.734. The molecule has 0 atom stereocenters. The summed E-state index contributed by atoms with van der Waals surface area (Å²) < 4.78 is 25.0. The third-order valence-corrected chi connectivity index (χ3v) is 3.98. The Hall–Kier alpha value is -1.70. The first-order valence-corrected chi connectivity index (χ1v) is 9.26. The highest BCUT2D eigenvalue weighted by atomic mass is 19.1. The van der Waals surface area contributed by atoms with Gasteiger partial charge < -0.3 is 19.3 Å². The van der Waals surface area contributed by atoms with Crippen molar-refractivity contribution in [1.82, 2.24) is 4.90 Å². The van der Waals surface area contributed by atoms with Crippen LogP contribution >= 0.6 is 0 Å². The van der Waals surface area contributed by atoms with E-state index in [9.17, 15) is 9.18 Å². The maximum Gasteiger partial charge on any atom is 0.214 e. The Morgan fingerprint density at radius 3 is 2.54 bits per heavy atom. The van der Waals surface area contributed by atoms with Crippen molar-refractivity contribution in [3.05, 3.63) is 24.0 Å². The van der Waals surface area contributed by atoms with Crippen LogP contribution in [0.3, 0.4) is 0 Å². The zero-order valence-electron chi connectivity index (χ0n) is 16.4. The van der Waals surface area contributed by atoms with Gasteiger partial charge in [-0.25, -0.2) is 4.39 Å². The Morgan fingerprint density at radius 1 is 1.27 bits per heavy atom. The van der Waals surface area contributed by atoms with Gasteiger partial charge in [-0.05, 0) is 32.2 Å². The fourth-order valence-electron chi connectivity index (χ4n) is 2.57. The zero-order valence-corrected chi connectivity index (χ0v) is 16.4. The van der Waals surface area contributed by atoms with E-state index in [1.807, 2.05) is 37.6 Å². The molecule has 7 heteroatoms. The normalized spacial score (nSPS) is 14.0. The first-order valence-electron chi connectivity index (χ1n) is 9.26. The van der Waals surface area contributed by atoms with Gasteiger partial charge in [0, 0.05) is 38.5 Å². The zero-order chi connectivity index (χ0) is 19.4. The summed E-state index contributed by atoms with van der Waals surface area (Å²) in [4.78, 5) is 16.8. The van der Waals surface area contributed by atoms with Crippen molar-refractivity contribution in [3.63, 3.8) is 0 Å². The molecule has 1 aromatic carbocycles. The number of likely N-dealkylation sites (N-methyl/N-ethyl adjacent to an activating group) is 1. The number of carbonyl (C=O) groups excluding carboxylic acids is 1. The van der Waals surface area contributed by atoms with Crippen molar-refractivity contribution >= 4 is 17.8 Å². The second-order valence-corrected chi connectivity index (χ2v) is 5.74. The topological polar surface area (TPSA) is 45.2 Å². The second kappa shape index (κ2) is 12.6. The van der Waals surface area contributed by atoms with Crippen LogP contribution in [0.15, 0.2) is 18.2 Å².